The molecule has 4 rings (SSSR count). The van der Waals surface area contributed by atoms with Crippen molar-refractivity contribution in [2.45, 2.75) is 37.8 Å². The van der Waals surface area contributed by atoms with E-state index >= 15 is 0 Å². The van der Waals surface area contributed by atoms with E-state index in [0.717, 1.165) is 21.0 Å². The first kappa shape index (κ1) is 32.1. The molecule has 0 fully saturated rings. The number of benzene rings is 4. The van der Waals surface area contributed by atoms with E-state index in [0.29, 0.717) is 16.6 Å². The molecule has 0 aromatic heterocycles. The van der Waals surface area contributed by atoms with Crippen LogP contribution in [-0.4, -0.2) is 44.3 Å². The van der Waals surface area contributed by atoms with Crippen molar-refractivity contribution in [2.24, 2.45) is 0 Å². The van der Waals surface area contributed by atoms with Crippen molar-refractivity contribution in [1.29, 1.82) is 0 Å². The Labute approximate surface area is 263 Å². The summed E-state index contributed by atoms with van der Waals surface area (Å²) in [7, 11) is -4.24. The molecule has 0 aliphatic heterocycles. The summed E-state index contributed by atoms with van der Waals surface area (Å²) >= 11 is 12.3. The number of likely N-dealkylation sites (N-methyl/N-ethyl adjacent to an activating group) is 1. The number of halogens is 2. The van der Waals surface area contributed by atoms with Gasteiger partial charge >= 0.3 is 0 Å². The number of rotatable bonds is 12. The van der Waals surface area contributed by atoms with Crippen LogP contribution in [0.1, 0.15) is 23.6 Å². The average Bonchev–Trinajstić information content (AvgIpc) is 2.98. The summed E-state index contributed by atoms with van der Waals surface area (Å²) in [5.74, 6) is -0.881. The lowest BCUT2D eigenvalue weighted by Gasteiger charge is -2.34. The number of anilines is 1. The van der Waals surface area contributed by atoms with Crippen LogP contribution in [0.5, 0.6) is 0 Å². The van der Waals surface area contributed by atoms with E-state index < -0.39 is 28.5 Å². The summed E-state index contributed by atoms with van der Waals surface area (Å²) in [6.07, 6.45) is 0.241. The zero-order chi connectivity index (χ0) is 31.0. The maximum atomic E-state index is 14.4. The van der Waals surface area contributed by atoms with E-state index in [1.165, 1.54) is 35.2 Å². The monoisotopic (exact) mass is 637 g/mol. The van der Waals surface area contributed by atoms with Gasteiger partial charge in [-0.2, -0.15) is 0 Å². The Morgan fingerprint density at radius 2 is 1.49 bits per heavy atom. The fourth-order valence-corrected chi connectivity index (χ4v) is 6.46. The van der Waals surface area contributed by atoms with Gasteiger partial charge in [0.05, 0.1) is 10.6 Å². The number of amides is 2. The third kappa shape index (κ3) is 8.38. The molecule has 0 heterocycles. The Morgan fingerprint density at radius 3 is 2.14 bits per heavy atom. The number of hydrogen-bond donors (Lipinski definition) is 1. The minimum Gasteiger partial charge on any atom is -0.355 e. The minimum atomic E-state index is -4.24. The first-order valence-corrected chi connectivity index (χ1v) is 16.0. The molecule has 0 saturated heterocycles. The molecule has 0 saturated carbocycles. The van der Waals surface area contributed by atoms with E-state index in [-0.39, 0.29) is 29.5 Å². The minimum absolute atomic E-state index is 0.0422. The van der Waals surface area contributed by atoms with Crippen molar-refractivity contribution >= 4 is 50.7 Å². The summed E-state index contributed by atoms with van der Waals surface area (Å²) in [4.78, 5) is 29.3. The largest absolute Gasteiger partial charge is 0.355 e. The van der Waals surface area contributed by atoms with Crippen LogP contribution < -0.4 is 9.62 Å². The van der Waals surface area contributed by atoms with Gasteiger partial charge in [-0.1, -0.05) is 89.4 Å². The molecule has 0 aliphatic rings. The molecule has 7 nitrogen and oxygen atoms in total. The molecule has 4 aromatic rings. The third-order valence-electron chi connectivity index (χ3n) is 6.83. The fraction of sp³-hybridized carbons (Fsp3) is 0.212. The van der Waals surface area contributed by atoms with Crippen molar-refractivity contribution in [3.05, 3.63) is 130 Å². The molecule has 0 bridgehead atoms. The van der Waals surface area contributed by atoms with E-state index in [4.69, 9.17) is 23.2 Å². The fourth-order valence-electron chi connectivity index (χ4n) is 4.75. The summed E-state index contributed by atoms with van der Waals surface area (Å²) in [5, 5.41) is 3.54. The van der Waals surface area contributed by atoms with E-state index in [1.54, 1.807) is 18.2 Å². The lowest BCUT2D eigenvalue weighted by Crippen LogP contribution is -2.53. The molecule has 1 N–H and O–H groups in total. The van der Waals surface area contributed by atoms with Crippen LogP contribution in [0.4, 0.5) is 5.69 Å². The number of aryl methyl sites for hydroxylation is 1. The second-order valence-electron chi connectivity index (χ2n) is 10.1. The van der Waals surface area contributed by atoms with E-state index in [1.807, 2.05) is 68.4 Å². The van der Waals surface area contributed by atoms with Gasteiger partial charge in [0, 0.05) is 29.6 Å². The van der Waals surface area contributed by atoms with Crippen LogP contribution in [0, 0.1) is 6.92 Å². The van der Waals surface area contributed by atoms with Crippen molar-refractivity contribution in [3.8, 4) is 0 Å². The van der Waals surface area contributed by atoms with Crippen LogP contribution in [0.25, 0.3) is 0 Å². The van der Waals surface area contributed by atoms with Gasteiger partial charge in [0.2, 0.25) is 11.8 Å². The zero-order valence-electron chi connectivity index (χ0n) is 23.9. The van der Waals surface area contributed by atoms with Crippen molar-refractivity contribution in [2.75, 3.05) is 17.4 Å². The van der Waals surface area contributed by atoms with Gasteiger partial charge in [-0.3, -0.25) is 13.9 Å². The number of nitrogens with one attached hydrogen (secondary N) is 1. The predicted octanol–water partition coefficient (Wildman–Crippen LogP) is 6.27. The second-order valence-corrected chi connectivity index (χ2v) is 12.8. The summed E-state index contributed by atoms with van der Waals surface area (Å²) < 4.78 is 29.0. The number of nitrogens with zero attached hydrogens (tertiary/aromatic N) is 2. The van der Waals surface area contributed by atoms with Crippen LogP contribution in [0.15, 0.2) is 108 Å². The van der Waals surface area contributed by atoms with Crippen LogP contribution >= 0.6 is 23.2 Å². The lowest BCUT2D eigenvalue weighted by molar-refractivity contribution is -0.140. The first-order valence-electron chi connectivity index (χ1n) is 13.8. The first-order chi connectivity index (χ1) is 20.6. The molecule has 43 heavy (non-hydrogen) atoms. The normalized spacial score (nSPS) is 11.9. The third-order valence-corrected chi connectivity index (χ3v) is 9.11. The molecule has 224 valence electrons. The highest BCUT2D eigenvalue weighted by Gasteiger charge is 2.34. The Bertz CT molecular complexity index is 1670. The molecular formula is C33H33Cl2N3O4S. The Morgan fingerprint density at radius 1 is 0.814 bits per heavy atom. The average molecular weight is 639 g/mol. The molecule has 1 unspecified atom stereocenters. The van der Waals surface area contributed by atoms with Crippen molar-refractivity contribution < 1.29 is 18.0 Å². The number of carbonyl (C=O) groups excluding carboxylic acids is 2. The Kier molecular flexibility index (Phi) is 10.9. The quantitative estimate of drug-likeness (QED) is 0.198. The molecule has 10 heteroatoms. The van der Waals surface area contributed by atoms with E-state index in [2.05, 4.69) is 5.32 Å². The van der Waals surface area contributed by atoms with Crippen molar-refractivity contribution in [3.63, 3.8) is 0 Å². The van der Waals surface area contributed by atoms with Gasteiger partial charge in [0.25, 0.3) is 10.0 Å². The molecule has 0 spiro atoms. The zero-order valence-corrected chi connectivity index (χ0v) is 26.2. The molecule has 0 aliphatic carbocycles. The Hall–Kier alpha value is -3.85. The van der Waals surface area contributed by atoms with Gasteiger partial charge in [-0.05, 0) is 67.4 Å². The SMILES string of the molecule is CCNC(=O)C(Cc1ccccc1)N(Cc1cccc(C)c1)C(=O)CN(c1cccc(Cl)c1)S(=O)(=O)c1ccc(Cl)cc1. The van der Waals surface area contributed by atoms with Gasteiger partial charge in [-0.25, -0.2) is 8.42 Å². The number of hydrogen-bond acceptors (Lipinski definition) is 4. The molecular weight excluding hydrogens is 605 g/mol. The van der Waals surface area contributed by atoms with Crippen LogP contribution in [-0.2, 0) is 32.6 Å². The van der Waals surface area contributed by atoms with Crippen molar-refractivity contribution in [1.82, 2.24) is 10.2 Å². The van der Waals surface area contributed by atoms with Crippen LogP contribution in [0.2, 0.25) is 10.0 Å². The van der Waals surface area contributed by atoms with Crippen LogP contribution in [0.3, 0.4) is 0 Å². The predicted molar refractivity (Wildman–Crippen MR) is 172 cm³/mol. The number of carbonyl (C=O) groups is 2. The summed E-state index contributed by atoms with van der Waals surface area (Å²) in [6, 6.07) is 28.2. The maximum absolute atomic E-state index is 14.4. The summed E-state index contributed by atoms with van der Waals surface area (Å²) in [5.41, 5.74) is 2.88. The summed E-state index contributed by atoms with van der Waals surface area (Å²) in [6.45, 7) is 3.65. The van der Waals surface area contributed by atoms with Gasteiger partial charge in [0.1, 0.15) is 12.6 Å². The standard InChI is InChI=1S/C33H33Cl2N3O4S/c1-3-36-33(40)31(20-25-10-5-4-6-11-25)37(22-26-12-7-9-24(2)19-26)32(39)23-38(29-14-8-13-28(35)21-29)43(41,42)30-17-15-27(34)16-18-30/h4-19,21,31H,3,20,22-23H2,1-2H3,(H,36,40). The molecule has 4 aromatic carbocycles. The topological polar surface area (TPSA) is 86.8 Å². The van der Waals surface area contributed by atoms with E-state index in [9.17, 15) is 18.0 Å². The Balaban J connectivity index is 1.80. The maximum Gasteiger partial charge on any atom is 0.264 e. The molecule has 0 radical (unpaired) electrons. The number of sulfonamides is 1. The smallest absolute Gasteiger partial charge is 0.264 e. The molecule has 1 atom stereocenters. The highest BCUT2D eigenvalue weighted by Crippen LogP contribution is 2.28. The lowest BCUT2D eigenvalue weighted by atomic mass is 10.0. The highest BCUT2D eigenvalue weighted by molar-refractivity contribution is 7.92. The van der Waals surface area contributed by atoms with Gasteiger partial charge in [0.15, 0.2) is 0 Å². The molecule has 2 amide bonds. The van der Waals surface area contributed by atoms with Gasteiger partial charge < -0.3 is 10.2 Å². The highest BCUT2D eigenvalue weighted by atomic mass is 35.5. The van der Waals surface area contributed by atoms with Gasteiger partial charge in [-0.15, -0.1) is 0 Å². The second kappa shape index (κ2) is 14.6.